The molecule has 0 aliphatic rings. The topological polar surface area (TPSA) is 110 Å². The van der Waals surface area contributed by atoms with Crippen LogP contribution in [0.25, 0.3) is 0 Å². The van der Waals surface area contributed by atoms with Gasteiger partial charge in [0.25, 0.3) is 5.91 Å². The Labute approximate surface area is 165 Å². The van der Waals surface area contributed by atoms with E-state index in [1.54, 1.807) is 48.5 Å². The van der Waals surface area contributed by atoms with Crippen molar-refractivity contribution in [3.8, 4) is 11.5 Å². The van der Waals surface area contributed by atoms with Crippen molar-refractivity contribution in [2.75, 3.05) is 5.32 Å². The van der Waals surface area contributed by atoms with Gasteiger partial charge in [-0.05, 0) is 42.8 Å². The third-order valence-electron chi connectivity index (χ3n) is 3.89. The van der Waals surface area contributed by atoms with Crippen LogP contribution in [0, 0.1) is 10.1 Å². The van der Waals surface area contributed by atoms with Gasteiger partial charge in [-0.2, -0.15) is 5.10 Å². The van der Waals surface area contributed by atoms with Crippen LogP contribution in [0.3, 0.4) is 0 Å². The highest BCUT2D eigenvalue weighted by atomic mass is 35.5. The number of nitro groups is 1. The first kappa shape index (κ1) is 19.4. The molecule has 144 valence electrons. The fourth-order valence-electron chi connectivity index (χ4n) is 2.60. The molecular formula is C19H17ClN4O4. The number of hydrogen-bond acceptors (Lipinski definition) is 5. The van der Waals surface area contributed by atoms with Crippen molar-refractivity contribution in [2.45, 2.75) is 19.8 Å². The number of rotatable bonds is 7. The van der Waals surface area contributed by atoms with Crippen LogP contribution in [-0.2, 0) is 6.42 Å². The van der Waals surface area contributed by atoms with Gasteiger partial charge in [-0.25, -0.2) is 0 Å². The molecule has 0 spiro atoms. The number of amides is 1. The molecule has 0 aliphatic carbocycles. The molecule has 2 aromatic carbocycles. The second kappa shape index (κ2) is 8.53. The molecule has 0 bridgehead atoms. The fourth-order valence-corrected chi connectivity index (χ4v) is 2.78. The van der Waals surface area contributed by atoms with Gasteiger partial charge in [0.1, 0.15) is 17.2 Å². The molecule has 0 saturated carbocycles. The lowest BCUT2D eigenvalue weighted by Crippen LogP contribution is -2.14. The quantitative estimate of drug-likeness (QED) is 0.429. The third kappa shape index (κ3) is 4.29. The minimum absolute atomic E-state index is 0.246. The molecule has 0 saturated heterocycles. The van der Waals surface area contributed by atoms with Crippen LogP contribution in [0.15, 0.2) is 48.5 Å². The molecule has 9 heteroatoms. The van der Waals surface area contributed by atoms with Crippen molar-refractivity contribution in [1.82, 2.24) is 10.2 Å². The number of benzene rings is 2. The van der Waals surface area contributed by atoms with E-state index >= 15 is 0 Å². The van der Waals surface area contributed by atoms with Crippen molar-refractivity contribution in [1.29, 1.82) is 0 Å². The summed E-state index contributed by atoms with van der Waals surface area (Å²) in [4.78, 5) is 23.2. The highest BCUT2D eigenvalue weighted by molar-refractivity contribution is 6.32. The van der Waals surface area contributed by atoms with Crippen LogP contribution in [0.4, 0.5) is 11.4 Å². The number of nitrogens with zero attached hydrogens (tertiary/aromatic N) is 2. The van der Waals surface area contributed by atoms with E-state index in [2.05, 4.69) is 15.5 Å². The number of hydrogen-bond donors (Lipinski definition) is 2. The highest BCUT2D eigenvalue weighted by Gasteiger charge is 2.28. The van der Waals surface area contributed by atoms with Crippen molar-refractivity contribution >= 4 is 28.9 Å². The van der Waals surface area contributed by atoms with Gasteiger partial charge in [0.2, 0.25) is 5.69 Å². The summed E-state index contributed by atoms with van der Waals surface area (Å²) < 4.78 is 5.68. The Morgan fingerprint density at radius 3 is 2.61 bits per heavy atom. The van der Waals surface area contributed by atoms with Gasteiger partial charge in [0.15, 0.2) is 0 Å². The summed E-state index contributed by atoms with van der Waals surface area (Å²) in [7, 11) is 0. The van der Waals surface area contributed by atoms with Crippen molar-refractivity contribution < 1.29 is 14.5 Å². The largest absolute Gasteiger partial charge is 0.456 e. The maximum atomic E-state index is 12.4. The number of anilines is 1. The van der Waals surface area contributed by atoms with Gasteiger partial charge in [0, 0.05) is 5.69 Å². The van der Waals surface area contributed by atoms with Crippen molar-refractivity contribution in [2.24, 2.45) is 0 Å². The number of para-hydroxylation sites is 1. The van der Waals surface area contributed by atoms with E-state index in [9.17, 15) is 14.9 Å². The number of carbonyl (C=O) groups excluding carboxylic acids is 1. The first-order chi connectivity index (χ1) is 13.5. The standard InChI is InChI=1S/C19H17ClN4O4/c1-2-5-15-18(24(26)27)17(23-22-15)19(25)21-12-8-10-13(11-9-12)28-16-7-4-3-6-14(16)20/h3-4,6-11H,2,5H2,1H3,(H,21,25)(H,22,23). The molecule has 1 heterocycles. The molecule has 8 nitrogen and oxygen atoms in total. The Hall–Kier alpha value is -3.39. The maximum absolute atomic E-state index is 12.4. The van der Waals surface area contributed by atoms with Crippen molar-refractivity contribution in [3.05, 3.63) is 75.1 Å². The summed E-state index contributed by atoms with van der Waals surface area (Å²) >= 11 is 6.06. The Balaban J connectivity index is 1.73. The summed E-state index contributed by atoms with van der Waals surface area (Å²) in [6.07, 6.45) is 1.13. The summed E-state index contributed by atoms with van der Waals surface area (Å²) in [5, 5.41) is 20.8. The highest BCUT2D eigenvalue weighted by Crippen LogP contribution is 2.29. The molecule has 28 heavy (non-hydrogen) atoms. The molecule has 0 fully saturated rings. The molecule has 0 radical (unpaired) electrons. The van der Waals surface area contributed by atoms with E-state index in [0.717, 1.165) is 0 Å². The lowest BCUT2D eigenvalue weighted by molar-refractivity contribution is -0.385. The summed E-state index contributed by atoms with van der Waals surface area (Å²) in [5.74, 6) is 0.378. The van der Waals surface area contributed by atoms with Gasteiger partial charge in [-0.15, -0.1) is 0 Å². The van der Waals surface area contributed by atoms with Crippen LogP contribution in [0.2, 0.25) is 5.02 Å². The molecule has 0 atom stereocenters. The maximum Gasteiger partial charge on any atom is 0.322 e. The van der Waals surface area contributed by atoms with E-state index in [1.165, 1.54) is 0 Å². The van der Waals surface area contributed by atoms with Crippen molar-refractivity contribution in [3.63, 3.8) is 0 Å². The Bertz CT molecular complexity index is 1000. The number of carbonyl (C=O) groups is 1. The van der Waals surface area contributed by atoms with Crippen LogP contribution in [0.5, 0.6) is 11.5 Å². The molecule has 0 unspecified atom stereocenters. The summed E-state index contributed by atoms with van der Waals surface area (Å²) in [6, 6.07) is 13.6. The monoisotopic (exact) mass is 400 g/mol. The number of halogens is 1. The summed E-state index contributed by atoms with van der Waals surface area (Å²) in [6.45, 7) is 1.89. The molecular weight excluding hydrogens is 384 g/mol. The second-order valence-corrected chi connectivity index (χ2v) is 6.32. The van der Waals surface area contributed by atoms with E-state index in [0.29, 0.717) is 40.7 Å². The number of ether oxygens (including phenoxy) is 1. The Morgan fingerprint density at radius 2 is 1.96 bits per heavy atom. The number of aromatic amines is 1. The smallest absolute Gasteiger partial charge is 0.322 e. The zero-order valence-electron chi connectivity index (χ0n) is 14.9. The van der Waals surface area contributed by atoms with Crippen LogP contribution in [0.1, 0.15) is 29.5 Å². The number of H-pyrrole nitrogens is 1. The van der Waals surface area contributed by atoms with E-state index in [4.69, 9.17) is 16.3 Å². The van der Waals surface area contributed by atoms with E-state index in [-0.39, 0.29) is 11.4 Å². The average molecular weight is 401 g/mol. The zero-order valence-corrected chi connectivity index (χ0v) is 15.7. The first-order valence-electron chi connectivity index (χ1n) is 8.55. The van der Waals surface area contributed by atoms with Crippen LogP contribution < -0.4 is 10.1 Å². The lowest BCUT2D eigenvalue weighted by atomic mass is 10.2. The Kier molecular flexibility index (Phi) is 5.90. The number of nitrogens with one attached hydrogen (secondary N) is 2. The molecule has 1 aromatic heterocycles. The third-order valence-corrected chi connectivity index (χ3v) is 4.20. The van der Waals surface area contributed by atoms with Gasteiger partial charge < -0.3 is 10.1 Å². The Morgan fingerprint density at radius 1 is 1.25 bits per heavy atom. The molecule has 3 rings (SSSR count). The second-order valence-electron chi connectivity index (χ2n) is 5.92. The SMILES string of the molecule is CCCc1[nH]nc(C(=O)Nc2ccc(Oc3ccccc3Cl)cc2)c1[N+](=O)[O-]. The molecule has 0 aliphatic heterocycles. The summed E-state index contributed by atoms with van der Waals surface area (Å²) in [5.41, 5.74) is 0.245. The number of aryl methyl sites for hydroxylation is 1. The zero-order chi connectivity index (χ0) is 20.1. The van der Waals surface area contributed by atoms with Crippen LogP contribution >= 0.6 is 11.6 Å². The van der Waals surface area contributed by atoms with Gasteiger partial charge >= 0.3 is 5.69 Å². The van der Waals surface area contributed by atoms with Gasteiger partial charge in [0.05, 0.1) is 9.95 Å². The predicted octanol–water partition coefficient (Wildman–Crippen LogP) is 4.97. The number of aromatic nitrogens is 2. The van der Waals surface area contributed by atoms with E-state index < -0.39 is 10.8 Å². The van der Waals surface area contributed by atoms with Gasteiger partial charge in [-0.3, -0.25) is 20.0 Å². The normalized spacial score (nSPS) is 10.5. The molecule has 2 N–H and O–H groups in total. The fraction of sp³-hybridized carbons (Fsp3) is 0.158. The van der Waals surface area contributed by atoms with Crippen LogP contribution in [-0.4, -0.2) is 21.0 Å². The van der Waals surface area contributed by atoms with Gasteiger partial charge in [-0.1, -0.05) is 37.1 Å². The first-order valence-corrected chi connectivity index (χ1v) is 8.92. The average Bonchev–Trinajstić information content (AvgIpc) is 3.10. The predicted molar refractivity (Wildman–Crippen MR) is 105 cm³/mol. The molecule has 1 amide bonds. The lowest BCUT2D eigenvalue weighted by Gasteiger charge is -2.08. The minimum atomic E-state index is -0.662. The minimum Gasteiger partial charge on any atom is -0.456 e. The molecule has 3 aromatic rings. The van der Waals surface area contributed by atoms with E-state index in [1.807, 2.05) is 6.92 Å².